The largest absolute Gasteiger partial charge is 0.497 e. The number of β-amino-alcohol motifs (C(OH)–C–C–N with tert-alkyl or cyclic N) is 1. The fourth-order valence-corrected chi connectivity index (χ4v) is 4.19. The lowest BCUT2D eigenvalue weighted by Gasteiger charge is -2.25. The third-order valence-electron chi connectivity index (χ3n) is 5.72. The molecule has 0 bridgehead atoms. The summed E-state index contributed by atoms with van der Waals surface area (Å²) in [6.07, 6.45) is 0.769. The van der Waals surface area contributed by atoms with Crippen LogP contribution in [0.4, 0.5) is 0 Å². The number of fused-ring (bicyclic) bond motifs is 1. The Morgan fingerprint density at radius 1 is 1.19 bits per heavy atom. The average Bonchev–Trinajstić information content (AvgIpc) is 3.16. The van der Waals surface area contributed by atoms with Crippen LogP contribution in [0.5, 0.6) is 5.75 Å². The van der Waals surface area contributed by atoms with Crippen LogP contribution in [0, 0.1) is 13.8 Å². The fraction of sp³-hybridized carbons (Fsp3) is 0.364. The van der Waals surface area contributed by atoms with Crippen molar-refractivity contribution in [2.45, 2.75) is 32.4 Å². The number of hydrogen-bond donors (Lipinski definition) is 2. The molecule has 1 aliphatic rings. The molecule has 0 spiro atoms. The average molecular weight is 350 g/mol. The van der Waals surface area contributed by atoms with E-state index in [-0.39, 0.29) is 0 Å². The SMILES string of the molecule is COc1ccc2[nH]c(CN3CC[C@](O)(c4ccccc4C)C3)c(C)c2c1. The van der Waals surface area contributed by atoms with Crippen LogP contribution in [0.15, 0.2) is 42.5 Å². The quantitative estimate of drug-likeness (QED) is 0.750. The highest BCUT2D eigenvalue weighted by atomic mass is 16.5. The summed E-state index contributed by atoms with van der Waals surface area (Å²) in [5.74, 6) is 0.876. The summed E-state index contributed by atoms with van der Waals surface area (Å²) in [5.41, 5.74) is 5.06. The first-order chi connectivity index (χ1) is 12.5. The van der Waals surface area contributed by atoms with E-state index in [0.29, 0.717) is 6.54 Å². The Morgan fingerprint density at radius 2 is 2.00 bits per heavy atom. The molecule has 1 aliphatic heterocycles. The van der Waals surface area contributed by atoms with Crippen LogP contribution in [0.2, 0.25) is 0 Å². The number of rotatable bonds is 4. The molecule has 2 aromatic carbocycles. The minimum atomic E-state index is -0.755. The van der Waals surface area contributed by atoms with Crippen LogP contribution in [-0.4, -0.2) is 35.2 Å². The van der Waals surface area contributed by atoms with E-state index in [1.807, 2.05) is 18.2 Å². The van der Waals surface area contributed by atoms with E-state index in [1.54, 1.807) is 7.11 Å². The summed E-state index contributed by atoms with van der Waals surface area (Å²) < 4.78 is 5.35. The van der Waals surface area contributed by atoms with Crippen LogP contribution < -0.4 is 4.74 Å². The molecular formula is C22H26N2O2. The number of aromatic amines is 1. The number of likely N-dealkylation sites (tertiary alicyclic amines) is 1. The third kappa shape index (κ3) is 2.89. The fourth-order valence-electron chi connectivity index (χ4n) is 4.19. The van der Waals surface area contributed by atoms with Crippen molar-refractivity contribution in [1.29, 1.82) is 0 Å². The molecule has 4 heteroatoms. The number of ether oxygens (including phenoxy) is 1. The van der Waals surface area contributed by atoms with Gasteiger partial charge in [-0.2, -0.15) is 0 Å². The minimum Gasteiger partial charge on any atom is -0.497 e. The number of methoxy groups -OCH3 is 1. The van der Waals surface area contributed by atoms with Crippen LogP contribution in [0.1, 0.15) is 28.8 Å². The highest BCUT2D eigenvalue weighted by Crippen LogP contribution is 2.35. The van der Waals surface area contributed by atoms with E-state index in [9.17, 15) is 5.11 Å². The van der Waals surface area contributed by atoms with Crippen molar-refractivity contribution in [2.75, 3.05) is 20.2 Å². The third-order valence-corrected chi connectivity index (χ3v) is 5.72. The van der Waals surface area contributed by atoms with Gasteiger partial charge in [-0.25, -0.2) is 0 Å². The van der Waals surface area contributed by atoms with Gasteiger partial charge in [0.05, 0.1) is 7.11 Å². The Labute approximate surface area is 154 Å². The van der Waals surface area contributed by atoms with Crippen LogP contribution in [0.3, 0.4) is 0 Å². The zero-order valence-corrected chi connectivity index (χ0v) is 15.7. The summed E-state index contributed by atoms with van der Waals surface area (Å²) in [5, 5.41) is 12.4. The molecule has 136 valence electrons. The molecule has 1 atom stereocenters. The van der Waals surface area contributed by atoms with Crippen LogP contribution in [0.25, 0.3) is 10.9 Å². The molecule has 0 saturated carbocycles. The van der Waals surface area contributed by atoms with Gasteiger partial charge in [-0.3, -0.25) is 4.90 Å². The maximum atomic E-state index is 11.2. The Kier molecular flexibility index (Phi) is 4.25. The van der Waals surface area contributed by atoms with E-state index in [2.05, 4.69) is 48.0 Å². The molecule has 2 N–H and O–H groups in total. The van der Waals surface area contributed by atoms with Crippen molar-refractivity contribution < 1.29 is 9.84 Å². The second-order valence-electron chi connectivity index (χ2n) is 7.45. The number of benzene rings is 2. The zero-order chi connectivity index (χ0) is 18.3. The van der Waals surface area contributed by atoms with Gasteiger partial charge in [-0.05, 0) is 55.2 Å². The molecule has 2 heterocycles. The standard InChI is InChI=1S/C22H26N2O2/c1-15-6-4-5-7-19(15)22(25)10-11-24(14-22)13-21-16(2)18-12-17(26-3)8-9-20(18)23-21/h4-9,12,23,25H,10-11,13-14H2,1-3H3/t22-/m1/s1. The van der Waals surface area contributed by atoms with Gasteiger partial charge in [0.25, 0.3) is 0 Å². The van der Waals surface area contributed by atoms with E-state index in [4.69, 9.17) is 4.74 Å². The molecular weight excluding hydrogens is 324 g/mol. The molecule has 1 saturated heterocycles. The molecule has 26 heavy (non-hydrogen) atoms. The molecule has 1 aromatic heterocycles. The summed E-state index contributed by atoms with van der Waals surface area (Å²) >= 11 is 0. The van der Waals surface area contributed by atoms with E-state index in [1.165, 1.54) is 16.6 Å². The first kappa shape index (κ1) is 17.1. The highest BCUT2D eigenvalue weighted by molar-refractivity contribution is 5.85. The van der Waals surface area contributed by atoms with Gasteiger partial charge in [0.2, 0.25) is 0 Å². The van der Waals surface area contributed by atoms with Gasteiger partial charge < -0.3 is 14.8 Å². The van der Waals surface area contributed by atoms with Crippen molar-refractivity contribution in [2.24, 2.45) is 0 Å². The van der Waals surface area contributed by atoms with Gasteiger partial charge >= 0.3 is 0 Å². The number of aromatic nitrogens is 1. The first-order valence-electron chi connectivity index (χ1n) is 9.16. The van der Waals surface area contributed by atoms with Crippen molar-refractivity contribution in [3.05, 3.63) is 64.8 Å². The van der Waals surface area contributed by atoms with Crippen LogP contribution >= 0.6 is 0 Å². The molecule has 0 radical (unpaired) electrons. The molecule has 0 aliphatic carbocycles. The summed E-state index contributed by atoms with van der Waals surface area (Å²) in [4.78, 5) is 5.88. The smallest absolute Gasteiger partial charge is 0.119 e. The summed E-state index contributed by atoms with van der Waals surface area (Å²) in [7, 11) is 1.70. The lowest BCUT2D eigenvalue weighted by atomic mass is 9.89. The predicted molar refractivity (Wildman–Crippen MR) is 105 cm³/mol. The summed E-state index contributed by atoms with van der Waals surface area (Å²) in [6.45, 7) is 6.60. The number of hydrogen-bond acceptors (Lipinski definition) is 3. The molecule has 0 amide bonds. The molecule has 3 aromatic rings. The lowest BCUT2D eigenvalue weighted by molar-refractivity contribution is 0.0445. The van der Waals surface area contributed by atoms with Crippen molar-refractivity contribution in [3.63, 3.8) is 0 Å². The van der Waals surface area contributed by atoms with Crippen LogP contribution in [-0.2, 0) is 12.1 Å². The molecule has 0 unspecified atom stereocenters. The molecule has 1 fully saturated rings. The van der Waals surface area contributed by atoms with Gasteiger partial charge in [0.1, 0.15) is 11.4 Å². The van der Waals surface area contributed by atoms with E-state index < -0.39 is 5.60 Å². The second kappa shape index (κ2) is 6.45. The zero-order valence-electron chi connectivity index (χ0n) is 15.7. The van der Waals surface area contributed by atoms with Gasteiger partial charge in [0, 0.05) is 36.2 Å². The second-order valence-corrected chi connectivity index (χ2v) is 7.45. The van der Waals surface area contributed by atoms with Gasteiger partial charge in [0.15, 0.2) is 0 Å². The lowest BCUT2D eigenvalue weighted by Crippen LogP contribution is -2.31. The number of aliphatic hydroxyl groups is 1. The summed E-state index contributed by atoms with van der Waals surface area (Å²) in [6, 6.07) is 14.3. The maximum absolute atomic E-state index is 11.2. The Morgan fingerprint density at radius 3 is 2.77 bits per heavy atom. The predicted octanol–water partition coefficient (Wildman–Crippen LogP) is 3.89. The number of aryl methyl sites for hydroxylation is 2. The van der Waals surface area contributed by atoms with Gasteiger partial charge in [-0.1, -0.05) is 24.3 Å². The molecule has 4 nitrogen and oxygen atoms in total. The number of nitrogens with one attached hydrogen (secondary N) is 1. The van der Waals surface area contributed by atoms with Gasteiger partial charge in [-0.15, -0.1) is 0 Å². The van der Waals surface area contributed by atoms with Crippen molar-refractivity contribution in [3.8, 4) is 5.75 Å². The first-order valence-corrected chi connectivity index (χ1v) is 9.16. The topological polar surface area (TPSA) is 48.5 Å². The maximum Gasteiger partial charge on any atom is 0.119 e. The Hall–Kier alpha value is -2.30. The Balaban J connectivity index is 1.57. The highest BCUT2D eigenvalue weighted by Gasteiger charge is 2.38. The van der Waals surface area contributed by atoms with E-state index >= 15 is 0 Å². The molecule has 4 rings (SSSR count). The number of H-pyrrole nitrogens is 1. The van der Waals surface area contributed by atoms with Crippen molar-refractivity contribution >= 4 is 10.9 Å². The monoisotopic (exact) mass is 350 g/mol. The normalized spacial score (nSPS) is 20.8. The minimum absolute atomic E-state index is 0.663. The van der Waals surface area contributed by atoms with E-state index in [0.717, 1.165) is 41.9 Å². The van der Waals surface area contributed by atoms with Crippen molar-refractivity contribution in [1.82, 2.24) is 9.88 Å². The Bertz CT molecular complexity index is 946. The number of nitrogens with zero attached hydrogens (tertiary/aromatic N) is 1.